The van der Waals surface area contributed by atoms with E-state index in [2.05, 4.69) is 20.2 Å². The smallest absolute Gasteiger partial charge is 0.254 e. The first-order valence-electron chi connectivity index (χ1n) is 6.50. The first kappa shape index (κ1) is 11.2. The number of nitrogens with zero attached hydrogens (tertiary/aromatic N) is 6. The van der Waals surface area contributed by atoms with Crippen LogP contribution in [0.15, 0.2) is 36.9 Å². The Morgan fingerprint density at radius 3 is 2.30 bits per heavy atom. The molecule has 20 heavy (non-hydrogen) atoms. The van der Waals surface area contributed by atoms with E-state index < -0.39 is 0 Å². The first-order valence-corrected chi connectivity index (χ1v) is 6.50. The van der Waals surface area contributed by atoms with Crippen molar-refractivity contribution in [2.45, 2.75) is 18.8 Å². The molecule has 0 amide bonds. The topological polar surface area (TPSA) is 87.4 Å². The maximum Gasteiger partial charge on any atom is 0.254 e. The molecule has 3 aromatic heterocycles. The van der Waals surface area contributed by atoms with Crippen molar-refractivity contribution in [3.8, 4) is 11.8 Å². The molecule has 0 bridgehead atoms. The number of hydrogen-bond donors (Lipinski definition) is 1. The van der Waals surface area contributed by atoms with Crippen molar-refractivity contribution < 1.29 is 0 Å². The predicted molar refractivity (Wildman–Crippen MR) is 72.7 cm³/mol. The van der Waals surface area contributed by atoms with Crippen molar-refractivity contribution in [1.29, 1.82) is 0 Å². The summed E-state index contributed by atoms with van der Waals surface area (Å²) in [6.45, 7) is 0. The van der Waals surface area contributed by atoms with Gasteiger partial charge in [-0.15, -0.1) is 0 Å². The third-order valence-corrected chi connectivity index (χ3v) is 3.36. The van der Waals surface area contributed by atoms with Gasteiger partial charge in [0.25, 0.3) is 5.95 Å². The highest BCUT2D eigenvalue weighted by atomic mass is 15.4. The van der Waals surface area contributed by atoms with Gasteiger partial charge in [0, 0.05) is 30.4 Å². The highest BCUT2D eigenvalue weighted by molar-refractivity contribution is 5.54. The fourth-order valence-electron chi connectivity index (χ4n) is 2.28. The molecule has 0 aliphatic heterocycles. The molecule has 0 aromatic carbocycles. The van der Waals surface area contributed by atoms with Crippen molar-refractivity contribution in [2.75, 3.05) is 5.73 Å². The lowest BCUT2D eigenvalue weighted by Gasteiger charge is -2.12. The molecule has 3 aromatic rings. The highest BCUT2D eigenvalue weighted by Crippen LogP contribution is 2.44. The van der Waals surface area contributed by atoms with E-state index >= 15 is 0 Å². The Kier molecular flexibility index (Phi) is 2.32. The van der Waals surface area contributed by atoms with Crippen molar-refractivity contribution in [1.82, 2.24) is 29.5 Å². The lowest BCUT2D eigenvalue weighted by atomic mass is 10.2. The van der Waals surface area contributed by atoms with Crippen molar-refractivity contribution in [2.24, 2.45) is 0 Å². The Morgan fingerprint density at radius 1 is 1.00 bits per heavy atom. The van der Waals surface area contributed by atoms with E-state index in [1.54, 1.807) is 28.0 Å². The van der Waals surface area contributed by atoms with Crippen LogP contribution in [0.2, 0.25) is 0 Å². The van der Waals surface area contributed by atoms with Crippen LogP contribution in [0.1, 0.15) is 24.3 Å². The normalized spacial score (nSPS) is 14.6. The summed E-state index contributed by atoms with van der Waals surface area (Å²) in [6.07, 6.45) is 9.31. The summed E-state index contributed by atoms with van der Waals surface area (Å²) in [5.41, 5.74) is 7.13. The van der Waals surface area contributed by atoms with Gasteiger partial charge in [-0.3, -0.25) is 0 Å². The Balaban J connectivity index is 1.93. The van der Waals surface area contributed by atoms with E-state index in [0.717, 1.165) is 24.2 Å². The predicted octanol–water partition coefficient (Wildman–Crippen LogP) is 1.31. The molecule has 1 saturated carbocycles. The molecule has 0 atom stereocenters. The first-order chi connectivity index (χ1) is 9.83. The van der Waals surface area contributed by atoms with Crippen LogP contribution in [0.25, 0.3) is 11.8 Å². The monoisotopic (exact) mass is 267 g/mol. The van der Waals surface area contributed by atoms with Crippen LogP contribution in [-0.4, -0.2) is 29.5 Å². The molecule has 3 heterocycles. The highest BCUT2D eigenvalue weighted by Gasteiger charge is 2.31. The summed E-state index contributed by atoms with van der Waals surface area (Å²) < 4.78 is 3.33. The lowest BCUT2D eigenvalue weighted by molar-refractivity contribution is 0.763. The molecule has 0 saturated heterocycles. The summed E-state index contributed by atoms with van der Waals surface area (Å²) in [5.74, 6) is 2.16. The van der Waals surface area contributed by atoms with Crippen LogP contribution < -0.4 is 5.73 Å². The fourth-order valence-corrected chi connectivity index (χ4v) is 2.28. The summed E-state index contributed by atoms with van der Waals surface area (Å²) in [7, 11) is 0. The van der Waals surface area contributed by atoms with E-state index in [0.29, 0.717) is 17.7 Å². The summed E-state index contributed by atoms with van der Waals surface area (Å²) >= 11 is 0. The quantitative estimate of drug-likeness (QED) is 0.773. The van der Waals surface area contributed by atoms with Gasteiger partial charge in [0.1, 0.15) is 5.82 Å². The van der Waals surface area contributed by atoms with Crippen LogP contribution in [0, 0.1) is 0 Å². The molecular formula is C13H13N7. The number of nitrogen functional groups attached to an aromatic ring is 1. The van der Waals surface area contributed by atoms with Crippen LogP contribution in [0.5, 0.6) is 0 Å². The Labute approximate surface area is 115 Å². The molecule has 1 aliphatic rings. The zero-order valence-corrected chi connectivity index (χ0v) is 10.7. The average Bonchev–Trinajstić information content (AvgIpc) is 2.98. The number of aromatic nitrogens is 6. The molecule has 2 N–H and O–H groups in total. The van der Waals surface area contributed by atoms with Crippen molar-refractivity contribution in [3.63, 3.8) is 0 Å². The molecule has 1 fully saturated rings. The SMILES string of the molecule is Nc1nc(-n2cccn2)nc(-n2cccn2)c1C1CC1. The van der Waals surface area contributed by atoms with Crippen molar-refractivity contribution >= 4 is 5.82 Å². The van der Waals surface area contributed by atoms with Crippen LogP contribution in [0.3, 0.4) is 0 Å². The van der Waals surface area contributed by atoms with E-state index in [9.17, 15) is 0 Å². The lowest BCUT2D eigenvalue weighted by Crippen LogP contribution is -2.13. The zero-order valence-electron chi connectivity index (χ0n) is 10.7. The maximum atomic E-state index is 6.14. The molecule has 0 radical (unpaired) electrons. The molecular weight excluding hydrogens is 254 g/mol. The average molecular weight is 267 g/mol. The van der Waals surface area contributed by atoms with E-state index in [1.165, 1.54) is 0 Å². The maximum absolute atomic E-state index is 6.14. The van der Waals surface area contributed by atoms with Crippen molar-refractivity contribution in [3.05, 3.63) is 42.5 Å². The van der Waals surface area contributed by atoms with E-state index in [-0.39, 0.29) is 0 Å². The van der Waals surface area contributed by atoms with Gasteiger partial charge in [0.15, 0.2) is 5.82 Å². The minimum Gasteiger partial charge on any atom is -0.383 e. The Hall–Kier alpha value is -2.70. The van der Waals surface area contributed by atoms with Gasteiger partial charge in [0.05, 0.1) is 0 Å². The molecule has 0 unspecified atom stereocenters. The number of hydrogen-bond acceptors (Lipinski definition) is 5. The number of anilines is 1. The number of nitrogens with two attached hydrogens (primary N) is 1. The van der Waals surface area contributed by atoms with Gasteiger partial charge < -0.3 is 5.73 Å². The van der Waals surface area contributed by atoms with E-state index in [4.69, 9.17) is 5.73 Å². The fraction of sp³-hybridized carbons (Fsp3) is 0.231. The van der Waals surface area contributed by atoms with E-state index in [1.807, 2.05) is 18.3 Å². The molecule has 100 valence electrons. The van der Waals surface area contributed by atoms with Gasteiger partial charge in [-0.05, 0) is 30.9 Å². The Morgan fingerprint density at radius 2 is 1.70 bits per heavy atom. The van der Waals surface area contributed by atoms with Crippen LogP contribution in [-0.2, 0) is 0 Å². The summed E-state index contributed by atoms with van der Waals surface area (Å²) in [6, 6.07) is 3.69. The minimum atomic E-state index is 0.445. The third kappa shape index (κ3) is 1.75. The van der Waals surface area contributed by atoms with Gasteiger partial charge >= 0.3 is 0 Å². The summed E-state index contributed by atoms with van der Waals surface area (Å²) in [5, 5.41) is 8.41. The van der Waals surface area contributed by atoms with Gasteiger partial charge in [-0.25, -0.2) is 9.36 Å². The summed E-state index contributed by atoms with van der Waals surface area (Å²) in [4.78, 5) is 8.96. The zero-order chi connectivity index (χ0) is 13.5. The largest absolute Gasteiger partial charge is 0.383 e. The van der Waals surface area contributed by atoms with Crippen LogP contribution >= 0.6 is 0 Å². The minimum absolute atomic E-state index is 0.445. The molecule has 0 spiro atoms. The molecule has 7 nitrogen and oxygen atoms in total. The standard InChI is InChI=1S/C13H13N7/c14-11-10(9-3-4-9)12(19-7-1-5-15-19)18-13(17-11)20-8-2-6-16-20/h1-2,5-9H,3-4H2,(H2,14,17,18). The second-order valence-corrected chi connectivity index (χ2v) is 4.82. The van der Waals surface area contributed by atoms with Gasteiger partial charge in [-0.2, -0.15) is 20.2 Å². The second kappa shape index (κ2) is 4.16. The second-order valence-electron chi connectivity index (χ2n) is 4.82. The molecule has 1 aliphatic carbocycles. The Bertz CT molecular complexity index is 726. The van der Waals surface area contributed by atoms with Gasteiger partial charge in [-0.1, -0.05) is 0 Å². The number of rotatable bonds is 3. The molecule has 4 rings (SSSR count). The third-order valence-electron chi connectivity index (χ3n) is 3.36. The van der Waals surface area contributed by atoms with Crippen LogP contribution in [0.4, 0.5) is 5.82 Å². The molecule has 7 heteroatoms. The van der Waals surface area contributed by atoms with Gasteiger partial charge in [0.2, 0.25) is 0 Å².